The van der Waals surface area contributed by atoms with E-state index in [0.29, 0.717) is 19.3 Å². The van der Waals surface area contributed by atoms with E-state index in [1.165, 1.54) is 141 Å². The summed E-state index contributed by atoms with van der Waals surface area (Å²) in [4.78, 5) is 37.7. The third-order valence-electron chi connectivity index (χ3n) is 11.6. The van der Waals surface area contributed by atoms with Crippen LogP contribution in [0.3, 0.4) is 0 Å². The molecule has 0 aliphatic rings. The van der Waals surface area contributed by atoms with Crippen LogP contribution >= 0.6 is 0 Å². The average molecular weight is 779 g/mol. The van der Waals surface area contributed by atoms with Crippen LogP contribution in [0.15, 0.2) is 0 Å². The highest BCUT2D eigenvalue weighted by atomic mass is 16.6. The minimum atomic E-state index is -0.763. The first-order valence-electron chi connectivity index (χ1n) is 24.2. The molecule has 6 heteroatoms. The van der Waals surface area contributed by atoms with Crippen molar-refractivity contribution >= 4 is 17.9 Å². The maximum atomic E-state index is 12.7. The minimum Gasteiger partial charge on any atom is -0.462 e. The third kappa shape index (κ3) is 40.4. The molecule has 0 aliphatic heterocycles. The zero-order valence-corrected chi connectivity index (χ0v) is 37.7. The summed E-state index contributed by atoms with van der Waals surface area (Å²) >= 11 is 0. The van der Waals surface area contributed by atoms with Crippen LogP contribution in [0, 0.1) is 17.8 Å². The number of hydrogen-bond donors (Lipinski definition) is 0. The molecule has 0 bridgehead atoms. The highest BCUT2D eigenvalue weighted by Gasteiger charge is 2.19. The van der Waals surface area contributed by atoms with Crippen LogP contribution in [0.25, 0.3) is 0 Å². The van der Waals surface area contributed by atoms with Gasteiger partial charge in [-0.2, -0.15) is 0 Å². The van der Waals surface area contributed by atoms with Gasteiger partial charge in [0.2, 0.25) is 0 Å². The first-order valence-corrected chi connectivity index (χ1v) is 24.2. The minimum absolute atomic E-state index is 0.0669. The number of carbonyl (C=O) groups is 3. The maximum absolute atomic E-state index is 12.7. The van der Waals surface area contributed by atoms with E-state index in [2.05, 4.69) is 41.5 Å². The van der Waals surface area contributed by atoms with E-state index in [4.69, 9.17) is 14.2 Å². The molecule has 2 unspecified atom stereocenters. The van der Waals surface area contributed by atoms with Gasteiger partial charge in [-0.3, -0.25) is 14.4 Å². The number of rotatable bonds is 42. The Bertz CT molecular complexity index is 856. The molecule has 0 heterocycles. The van der Waals surface area contributed by atoms with Crippen molar-refractivity contribution in [2.45, 2.75) is 266 Å². The first-order chi connectivity index (χ1) is 26.7. The molecule has 0 aliphatic carbocycles. The molecule has 0 radical (unpaired) electrons. The molecular weight excluding hydrogens is 685 g/mol. The van der Waals surface area contributed by atoms with E-state index in [1.54, 1.807) is 0 Å². The Morgan fingerprint density at radius 3 is 0.945 bits per heavy atom. The predicted molar refractivity (Wildman–Crippen MR) is 233 cm³/mol. The Morgan fingerprint density at radius 1 is 0.364 bits per heavy atom. The summed E-state index contributed by atoms with van der Waals surface area (Å²) in [6, 6.07) is 0. The summed E-state index contributed by atoms with van der Waals surface area (Å²) in [7, 11) is 0. The molecule has 3 atom stereocenters. The summed E-state index contributed by atoms with van der Waals surface area (Å²) in [5.74, 6) is 1.60. The van der Waals surface area contributed by atoms with Crippen molar-refractivity contribution in [3.05, 3.63) is 0 Å². The molecule has 0 spiro atoms. The predicted octanol–water partition coefficient (Wildman–Crippen LogP) is 15.2. The second-order valence-electron chi connectivity index (χ2n) is 17.7. The van der Waals surface area contributed by atoms with Crippen molar-refractivity contribution in [1.29, 1.82) is 0 Å². The Kier molecular flexibility index (Phi) is 39.4. The van der Waals surface area contributed by atoms with Gasteiger partial charge in [0.1, 0.15) is 13.2 Å². The maximum Gasteiger partial charge on any atom is 0.306 e. The van der Waals surface area contributed by atoms with Crippen LogP contribution < -0.4 is 0 Å². The third-order valence-corrected chi connectivity index (χ3v) is 11.6. The summed E-state index contributed by atoms with van der Waals surface area (Å²) in [6.45, 7) is 13.6. The molecule has 6 nitrogen and oxygen atoms in total. The molecule has 0 N–H and O–H groups in total. The second-order valence-corrected chi connectivity index (χ2v) is 17.7. The molecule has 0 saturated heterocycles. The van der Waals surface area contributed by atoms with Crippen molar-refractivity contribution in [1.82, 2.24) is 0 Å². The van der Waals surface area contributed by atoms with Gasteiger partial charge in [0.05, 0.1) is 0 Å². The first kappa shape index (κ1) is 53.4. The van der Waals surface area contributed by atoms with Gasteiger partial charge in [-0.25, -0.2) is 0 Å². The lowest BCUT2D eigenvalue weighted by Gasteiger charge is -2.18. The lowest BCUT2D eigenvalue weighted by Crippen LogP contribution is -2.30. The fourth-order valence-corrected chi connectivity index (χ4v) is 7.17. The van der Waals surface area contributed by atoms with Crippen molar-refractivity contribution in [3.63, 3.8) is 0 Å². The van der Waals surface area contributed by atoms with E-state index >= 15 is 0 Å². The standard InChI is InChI=1S/C49H94O6/c1-7-44(5)36-30-24-17-15-13-11-9-10-12-14-16-18-26-32-38-47(50)53-41-46(55-49(52)40-34-28-21-19-23-29-35-43(3)4)42-54-48(51)39-33-27-22-20-25-31-37-45(6)8-2/h43-46H,7-42H2,1-6H3/t44?,45?,46-/m1/s1. The Balaban J connectivity index is 4.24. The van der Waals surface area contributed by atoms with Gasteiger partial charge in [-0.05, 0) is 37.0 Å². The van der Waals surface area contributed by atoms with E-state index in [0.717, 1.165) is 75.5 Å². The van der Waals surface area contributed by atoms with Crippen LogP contribution in [0.1, 0.15) is 260 Å². The van der Waals surface area contributed by atoms with E-state index < -0.39 is 6.10 Å². The smallest absolute Gasteiger partial charge is 0.306 e. The Morgan fingerprint density at radius 2 is 0.636 bits per heavy atom. The number of carbonyl (C=O) groups excluding carboxylic acids is 3. The normalized spacial score (nSPS) is 13.1. The van der Waals surface area contributed by atoms with Gasteiger partial charge in [-0.1, -0.05) is 221 Å². The zero-order valence-electron chi connectivity index (χ0n) is 37.7. The van der Waals surface area contributed by atoms with Gasteiger partial charge >= 0.3 is 17.9 Å². The van der Waals surface area contributed by atoms with Gasteiger partial charge in [0, 0.05) is 19.3 Å². The van der Waals surface area contributed by atoms with Crippen LogP contribution in [0.5, 0.6) is 0 Å². The van der Waals surface area contributed by atoms with Gasteiger partial charge in [-0.15, -0.1) is 0 Å². The summed E-state index contributed by atoms with van der Waals surface area (Å²) in [5, 5.41) is 0. The van der Waals surface area contributed by atoms with Gasteiger partial charge in [0.25, 0.3) is 0 Å². The van der Waals surface area contributed by atoms with Crippen LogP contribution in [0.4, 0.5) is 0 Å². The number of esters is 3. The van der Waals surface area contributed by atoms with Crippen molar-refractivity contribution in [2.24, 2.45) is 17.8 Å². The summed E-state index contributed by atoms with van der Waals surface area (Å²) in [5.41, 5.74) is 0. The molecule has 0 aromatic rings. The van der Waals surface area contributed by atoms with Crippen LogP contribution in [0.2, 0.25) is 0 Å². The van der Waals surface area contributed by atoms with E-state index in [1.807, 2.05) is 0 Å². The molecule has 0 aromatic carbocycles. The van der Waals surface area contributed by atoms with Gasteiger partial charge < -0.3 is 14.2 Å². The zero-order chi connectivity index (χ0) is 40.6. The molecule has 0 saturated carbocycles. The SMILES string of the molecule is CCC(C)CCCCCCCCCCCCCCCCC(=O)OC[C@H](COC(=O)CCCCCCCCC(C)CC)OC(=O)CCCCCCCCC(C)C. The fourth-order valence-electron chi connectivity index (χ4n) is 7.17. The Labute approximate surface area is 342 Å². The molecule has 0 amide bonds. The van der Waals surface area contributed by atoms with E-state index in [-0.39, 0.29) is 31.1 Å². The average Bonchev–Trinajstić information content (AvgIpc) is 3.17. The quantitative estimate of drug-likeness (QED) is 0.0349. The highest BCUT2D eigenvalue weighted by Crippen LogP contribution is 2.18. The largest absolute Gasteiger partial charge is 0.462 e. The highest BCUT2D eigenvalue weighted by molar-refractivity contribution is 5.71. The monoisotopic (exact) mass is 779 g/mol. The topological polar surface area (TPSA) is 78.9 Å². The van der Waals surface area contributed by atoms with Crippen molar-refractivity contribution in [3.8, 4) is 0 Å². The molecule has 326 valence electrons. The summed E-state index contributed by atoms with van der Waals surface area (Å²) in [6.07, 6.45) is 38.2. The van der Waals surface area contributed by atoms with E-state index in [9.17, 15) is 14.4 Å². The molecule has 0 rings (SSSR count). The lowest BCUT2D eigenvalue weighted by atomic mass is 9.99. The Hall–Kier alpha value is -1.59. The van der Waals surface area contributed by atoms with Crippen molar-refractivity contribution < 1.29 is 28.6 Å². The van der Waals surface area contributed by atoms with Crippen molar-refractivity contribution in [2.75, 3.05) is 13.2 Å². The van der Waals surface area contributed by atoms with Crippen LogP contribution in [-0.2, 0) is 28.6 Å². The molecule has 0 fully saturated rings. The summed E-state index contributed by atoms with van der Waals surface area (Å²) < 4.78 is 16.7. The fraction of sp³-hybridized carbons (Fsp3) is 0.939. The molecule has 55 heavy (non-hydrogen) atoms. The number of unbranched alkanes of at least 4 members (excludes halogenated alkanes) is 23. The lowest BCUT2D eigenvalue weighted by molar-refractivity contribution is -0.167. The number of ether oxygens (including phenoxy) is 3. The molecular formula is C49H94O6. The number of hydrogen-bond acceptors (Lipinski definition) is 6. The van der Waals surface area contributed by atoms with Crippen LogP contribution in [-0.4, -0.2) is 37.2 Å². The second kappa shape index (κ2) is 40.6. The van der Waals surface area contributed by atoms with Gasteiger partial charge in [0.15, 0.2) is 6.10 Å². The molecule has 0 aromatic heterocycles.